The third-order valence-corrected chi connectivity index (χ3v) is 5.56. The van der Waals surface area contributed by atoms with Crippen molar-refractivity contribution in [1.82, 2.24) is 10.2 Å². The van der Waals surface area contributed by atoms with Gasteiger partial charge in [-0.15, -0.1) is 10.2 Å². The molecule has 1 aromatic heterocycles. The predicted molar refractivity (Wildman–Crippen MR) is 101 cm³/mol. The van der Waals surface area contributed by atoms with Crippen LogP contribution >= 0.6 is 23.1 Å². The molecule has 3 rings (SSSR count). The molecule has 0 fully saturated rings. The highest BCUT2D eigenvalue weighted by molar-refractivity contribution is 8.01. The first kappa shape index (κ1) is 16.7. The van der Waals surface area contributed by atoms with Gasteiger partial charge in [-0.25, -0.2) is 0 Å². The number of hydrogen-bond acceptors (Lipinski definition) is 6. The van der Waals surface area contributed by atoms with Crippen molar-refractivity contribution in [1.29, 1.82) is 0 Å². The first-order valence-electron chi connectivity index (χ1n) is 7.50. The van der Waals surface area contributed by atoms with Crippen LogP contribution < -0.4 is 5.32 Å². The van der Waals surface area contributed by atoms with Crippen LogP contribution in [0.5, 0.6) is 0 Å². The summed E-state index contributed by atoms with van der Waals surface area (Å²) in [6.07, 6.45) is 0. The van der Waals surface area contributed by atoms with Crippen LogP contribution in [0.1, 0.15) is 21.5 Å². The van der Waals surface area contributed by atoms with E-state index >= 15 is 0 Å². The first-order chi connectivity index (χ1) is 11.6. The molecule has 1 heterocycles. The number of aromatic nitrogens is 2. The van der Waals surface area contributed by atoms with Crippen molar-refractivity contribution < 1.29 is 4.79 Å². The fourth-order valence-electron chi connectivity index (χ4n) is 2.09. The van der Waals surface area contributed by atoms with Gasteiger partial charge in [0.05, 0.1) is 5.75 Å². The molecule has 24 heavy (non-hydrogen) atoms. The summed E-state index contributed by atoms with van der Waals surface area (Å²) in [6.45, 7) is 4.06. The van der Waals surface area contributed by atoms with Crippen LogP contribution in [0.4, 0.5) is 10.8 Å². The zero-order valence-electron chi connectivity index (χ0n) is 13.4. The van der Waals surface area contributed by atoms with Gasteiger partial charge in [0, 0.05) is 11.3 Å². The van der Waals surface area contributed by atoms with Crippen molar-refractivity contribution in [2.24, 2.45) is 0 Å². The first-order valence-corrected chi connectivity index (χ1v) is 9.31. The Morgan fingerprint density at radius 3 is 2.62 bits per heavy atom. The van der Waals surface area contributed by atoms with Crippen molar-refractivity contribution in [3.63, 3.8) is 0 Å². The number of aryl methyl sites for hydroxylation is 2. The zero-order chi connectivity index (χ0) is 16.9. The summed E-state index contributed by atoms with van der Waals surface area (Å²) >= 11 is 2.87. The second-order valence-corrected chi connectivity index (χ2v) is 7.58. The molecule has 4 nitrogen and oxygen atoms in total. The van der Waals surface area contributed by atoms with E-state index in [1.807, 2.05) is 62.4 Å². The Bertz CT molecular complexity index is 846. The third-order valence-electron chi connectivity index (χ3n) is 3.59. The minimum absolute atomic E-state index is 0.107. The van der Waals surface area contributed by atoms with Crippen molar-refractivity contribution in [2.45, 2.75) is 18.2 Å². The van der Waals surface area contributed by atoms with Crippen LogP contribution in [0.3, 0.4) is 0 Å². The molecule has 0 unspecified atom stereocenters. The summed E-state index contributed by atoms with van der Waals surface area (Å²) in [7, 11) is 0. The number of Topliss-reactive ketones (excluding diaryl/α,β-unsaturated/α-hetero) is 1. The Morgan fingerprint density at radius 2 is 1.88 bits per heavy atom. The van der Waals surface area contributed by atoms with Crippen LogP contribution in [-0.4, -0.2) is 21.7 Å². The zero-order valence-corrected chi connectivity index (χ0v) is 15.1. The Balaban J connectivity index is 1.59. The Labute approximate surface area is 149 Å². The fourth-order valence-corrected chi connectivity index (χ4v) is 3.76. The summed E-state index contributed by atoms with van der Waals surface area (Å²) in [4.78, 5) is 12.3. The van der Waals surface area contributed by atoms with E-state index in [-0.39, 0.29) is 5.78 Å². The third kappa shape index (κ3) is 4.21. The van der Waals surface area contributed by atoms with Gasteiger partial charge in [-0.2, -0.15) is 0 Å². The highest BCUT2D eigenvalue weighted by Gasteiger charge is 2.11. The van der Waals surface area contributed by atoms with E-state index in [1.165, 1.54) is 28.7 Å². The number of nitrogens with zero attached hydrogens (tertiary/aromatic N) is 2. The average molecular weight is 355 g/mol. The molecule has 0 amide bonds. The number of carbonyl (C=O) groups excluding carboxylic acids is 1. The van der Waals surface area contributed by atoms with Crippen LogP contribution in [0.2, 0.25) is 0 Å². The molecule has 2 aromatic carbocycles. The lowest BCUT2D eigenvalue weighted by molar-refractivity contribution is 0.102. The minimum atomic E-state index is 0.107. The molecule has 0 bridgehead atoms. The molecular formula is C18H17N3OS2. The van der Waals surface area contributed by atoms with Gasteiger partial charge in [-0.1, -0.05) is 53.4 Å². The van der Waals surface area contributed by atoms with Gasteiger partial charge >= 0.3 is 0 Å². The molecule has 6 heteroatoms. The van der Waals surface area contributed by atoms with Crippen LogP contribution in [-0.2, 0) is 0 Å². The number of ketones is 1. The standard InChI is InChI=1S/C18H17N3OS2/c1-12-8-9-14(10-13(12)2)16(22)11-23-18-21-20-17(24-18)19-15-6-4-3-5-7-15/h3-10H,11H2,1-2H3,(H,19,20). The second-order valence-electron chi connectivity index (χ2n) is 5.38. The van der Waals surface area contributed by atoms with Crippen molar-refractivity contribution in [2.75, 3.05) is 11.1 Å². The molecule has 1 N–H and O–H groups in total. The van der Waals surface area contributed by atoms with Gasteiger partial charge in [-0.3, -0.25) is 4.79 Å². The SMILES string of the molecule is Cc1ccc(C(=O)CSc2nnc(Nc3ccccc3)s2)cc1C. The van der Waals surface area contributed by atoms with Gasteiger partial charge in [0.2, 0.25) is 5.13 Å². The summed E-state index contributed by atoms with van der Waals surface area (Å²) in [5.41, 5.74) is 4.05. The maximum Gasteiger partial charge on any atom is 0.210 e. The molecule has 0 saturated carbocycles. The number of hydrogen-bond donors (Lipinski definition) is 1. The number of benzene rings is 2. The van der Waals surface area contributed by atoms with Crippen LogP contribution in [0, 0.1) is 13.8 Å². The quantitative estimate of drug-likeness (QED) is 0.505. The maximum absolute atomic E-state index is 12.3. The molecule has 0 aliphatic rings. The van der Waals surface area contributed by atoms with Gasteiger partial charge in [0.1, 0.15) is 0 Å². The lowest BCUT2D eigenvalue weighted by atomic mass is 10.0. The molecule has 0 aliphatic carbocycles. The molecule has 0 spiro atoms. The van der Waals surface area contributed by atoms with E-state index in [2.05, 4.69) is 15.5 Å². The Morgan fingerprint density at radius 1 is 1.08 bits per heavy atom. The summed E-state index contributed by atoms with van der Waals surface area (Å²) < 4.78 is 0.783. The fraction of sp³-hybridized carbons (Fsp3) is 0.167. The van der Waals surface area contributed by atoms with E-state index in [9.17, 15) is 4.79 Å². The molecular weight excluding hydrogens is 338 g/mol. The van der Waals surface area contributed by atoms with Crippen LogP contribution in [0.25, 0.3) is 0 Å². The predicted octanol–water partition coefficient (Wildman–Crippen LogP) is 4.87. The van der Waals surface area contributed by atoms with Gasteiger partial charge < -0.3 is 5.32 Å². The van der Waals surface area contributed by atoms with Crippen molar-refractivity contribution >= 4 is 39.7 Å². The maximum atomic E-state index is 12.3. The van der Waals surface area contributed by atoms with E-state index in [0.717, 1.165) is 26.3 Å². The highest BCUT2D eigenvalue weighted by atomic mass is 32.2. The minimum Gasteiger partial charge on any atom is -0.330 e. The Kier molecular flexibility index (Phi) is 5.27. The number of rotatable bonds is 6. The normalized spacial score (nSPS) is 10.6. The molecule has 0 saturated heterocycles. The van der Waals surface area contributed by atoms with E-state index < -0.39 is 0 Å². The number of carbonyl (C=O) groups is 1. The van der Waals surface area contributed by atoms with Crippen molar-refractivity contribution in [3.05, 3.63) is 65.2 Å². The highest BCUT2D eigenvalue weighted by Crippen LogP contribution is 2.28. The smallest absolute Gasteiger partial charge is 0.210 e. The molecule has 0 atom stereocenters. The average Bonchev–Trinajstić information content (AvgIpc) is 3.03. The number of anilines is 2. The second kappa shape index (κ2) is 7.59. The lowest BCUT2D eigenvalue weighted by Crippen LogP contribution is -2.03. The molecule has 3 aromatic rings. The molecule has 122 valence electrons. The topological polar surface area (TPSA) is 54.9 Å². The molecule has 0 aliphatic heterocycles. The largest absolute Gasteiger partial charge is 0.330 e. The summed E-state index contributed by atoms with van der Waals surface area (Å²) in [5, 5.41) is 12.2. The van der Waals surface area contributed by atoms with Crippen LogP contribution in [0.15, 0.2) is 52.9 Å². The van der Waals surface area contributed by atoms with E-state index in [0.29, 0.717) is 5.75 Å². The van der Waals surface area contributed by atoms with E-state index in [1.54, 1.807) is 0 Å². The lowest BCUT2D eigenvalue weighted by Gasteiger charge is -2.03. The number of nitrogens with one attached hydrogen (secondary N) is 1. The number of thioether (sulfide) groups is 1. The van der Waals surface area contributed by atoms with E-state index in [4.69, 9.17) is 0 Å². The van der Waals surface area contributed by atoms with Gasteiger partial charge in [0.15, 0.2) is 10.1 Å². The Hall–Kier alpha value is -2.18. The van der Waals surface area contributed by atoms with Gasteiger partial charge in [-0.05, 0) is 43.2 Å². The molecule has 0 radical (unpaired) electrons. The monoisotopic (exact) mass is 355 g/mol. The van der Waals surface area contributed by atoms with Crippen molar-refractivity contribution in [3.8, 4) is 0 Å². The summed E-state index contributed by atoms with van der Waals surface area (Å²) in [5.74, 6) is 0.471. The number of para-hydroxylation sites is 1. The van der Waals surface area contributed by atoms with Gasteiger partial charge in [0.25, 0.3) is 0 Å². The summed E-state index contributed by atoms with van der Waals surface area (Å²) in [6, 6.07) is 15.6.